The molecular formula is C39H25BN2O. The Labute approximate surface area is 250 Å². The predicted molar refractivity (Wildman–Crippen MR) is 178 cm³/mol. The molecule has 6 aromatic carbocycles. The fourth-order valence-corrected chi connectivity index (χ4v) is 6.74. The van der Waals surface area contributed by atoms with Gasteiger partial charge in [-0.05, 0) is 70.0 Å². The second-order valence-corrected chi connectivity index (χ2v) is 11.2. The molecule has 2 aliphatic heterocycles. The molecule has 3 nitrogen and oxygen atoms in total. The van der Waals surface area contributed by atoms with Gasteiger partial charge in [0, 0.05) is 5.69 Å². The van der Waals surface area contributed by atoms with Gasteiger partial charge >= 0.3 is 0 Å². The van der Waals surface area contributed by atoms with Crippen molar-refractivity contribution in [1.29, 1.82) is 0 Å². The predicted octanol–water partition coefficient (Wildman–Crippen LogP) is 7.97. The van der Waals surface area contributed by atoms with E-state index in [2.05, 4.69) is 132 Å². The maximum atomic E-state index is 6.21. The van der Waals surface area contributed by atoms with Gasteiger partial charge in [0.05, 0.1) is 22.6 Å². The van der Waals surface area contributed by atoms with Crippen LogP contribution in [0, 0.1) is 0 Å². The molecule has 4 heteroatoms. The number of rotatable bonds is 3. The zero-order valence-corrected chi connectivity index (χ0v) is 23.3. The third kappa shape index (κ3) is 3.80. The fourth-order valence-electron chi connectivity index (χ4n) is 6.74. The molecule has 200 valence electrons. The number of hydrogen-bond acceptors (Lipinski definition) is 3. The first-order valence-corrected chi connectivity index (χ1v) is 14.7. The van der Waals surface area contributed by atoms with Gasteiger partial charge in [-0.2, -0.15) is 0 Å². The molecular weight excluding hydrogens is 523 g/mol. The Morgan fingerprint density at radius 1 is 0.535 bits per heavy atom. The average Bonchev–Trinajstić information content (AvgIpc) is 3.39. The van der Waals surface area contributed by atoms with Gasteiger partial charge in [0.1, 0.15) is 0 Å². The maximum Gasteiger partial charge on any atom is 0.244 e. The monoisotopic (exact) mass is 548 g/mol. The lowest BCUT2D eigenvalue weighted by molar-refractivity contribution is 0.477. The summed E-state index contributed by atoms with van der Waals surface area (Å²) < 4.78 is 6.21. The summed E-state index contributed by atoms with van der Waals surface area (Å²) in [5.74, 6) is 1.72. The van der Waals surface area contributed by atoms with Crippen LogP contribution in [0.3, 0.4) is 0 Å². The Kier molecular flexibility index (Phi) is 5.29. The molecule has 0 fully saturated rings. The van der Waals surface area contributed by atoms with Crippen LogP contribution in [0.4, 0.5) is 17.1 Å². The Balaban J connectivity index is 1.12. The molecule has 3 heterocycles. The lowest BCUT2D eigenvalue weighted by atomic mass is 9.39. The number of aromatic nitrogens is 1. The molecule has 0 saturated heterocycles. The van der Waals surface area contributed by atoms with Crippen LogP contribution in [0.2, 0.25) is 0 Å². The van der Waals surface area contributed by atoms with E-state index in [1.54, 1.807) is 0 Å². The van der Waals surface area contributed by atoms with Gasteiger partial charge in [0.2, 0.25) is 6.71 Å². The van der Waals surface area contributed by atoms with Gasteiger partial charge in [0.25, 0.3) is 0 Å². The highest BCUT2D eigenvalue weighted by molar-refractivity contribution is 6.99. The first-order valence-electron chi connectivity index (χ1n) is 14.7. The molecule has 0 saturated carbocycles. The molecule has 2 aliphatic rings. The summed E-state index contributed by atoms with van der Waals surface area (Å²) in [5, 5.41) is 1.18. The van der Waals surface area contributed by atoms with Gasteiger partial charge in [-0.1, -0.05) is 120 Å². The van der Waals surface area contributed by atoms with E-state index in [1.807, 2.05) is 24.3 Å². The summed E-state index contributed by atoms with van der Waals surface area (Å²) in [6, 6.07) is 53.7. The molecule has 0 amide bonds. The summed E-state index contributed by atoms with van der Waals surface area (Å²) in [6.07, 6.45) is 0. The van der Waals surface area contributed by atoms with Crippen molar-refractivity contribution < 1.29 is 4.74 Å². The summed E-state index contributed by atoms with van der Waals surface area (Å²) in [6.45, 7) is 0.142. The minimum atomic E-state index is 0.142. The van der Waals surface area contributed by atoms with E-state index < -0.39 is 0 Å². The Hall–Kier alpha value is -5.61. The number of nitrogens with zero attached hydrogens (tertiary/aromatic N) is 2. The number of anilines is 3. The van der Waals surface area contributed by atoms with Crippen molar-refractivity contribution in [3.8, 4) is 33.9 Å². The van der Waals surface area contributed by atoms with Crippen molar-refractivity contribution in [1.82, 2.24) is 4.98 Å². The van der Waals surface area contributed by atoms with Crippen LogP contribution in [0.15, 0.2) is 152 Å². The summed E-state index contributed by atoms with van der Waals surface area (Å²) >= 11 is 0. The lowest BCUT2D eigenvalue weighted by Gasteiger charge is -2.32. The van der Waals surface area contributed by atoms with Crippen molar-refractivity contribution in [2.75, 3.05) is 4.90 Å². The van der Waals surface area contributed by atoms with Crippen molar-refractivity contribution in [2.24, 2.45) is 0 Å². The Bertz CT molecular complexity index is 2140. The second kappa shape index (κ2) is 9.47. The second-order valence-electron chi connectivity index (χ2n) is 11.2. The molecule has 43 heavy (non-hydrogen) atoms. The third-order valence-electron chi connectivity index (χ3n) is 8.70. The molecule has 7 aromatic rings. The lowest BCUT2D eigenvalue weighted by Crippen LogP contribution is -2.48. The van der Waals surface area contributed by atoms with Crippen molar-refractivity contribution in [3.63, 3.8) is 0 Å². The average molecular weight is 548 g/mol. The minimum Gasteiger partial charge on any atom is -0.453 e. The molecule has 9 rings (SSSR count). The number of hydrogen-bond donors (Lipinski definition) is 0. The summed E-state index contributed by atoms with van der Waals surface area (Å²) in [5.41, 5.74) is 12.8. The van der Waals surface area contributed by atoms with Crippen LogP contribution in [0.25, 0.3) is 33.3 Å². The number of pyridine rings is 1. The molecule has 1 aromatic heterocycles. The van der Waals surface area contributed by atoms with Gasteiger partial charge in [-0.15, -0.1) is 0 Å². The van der Waals surface area contributed by atoms with E-state index in [1.165, 1.54) is 38.5 Å². The van der Waals surface area contributed by atoms with Gasteiger partial charge in [0.15, 0.2) is 11.5 Å². The van der Waals surface area contributed by atoms with Gasteiger partial charge < -0.3 is 9.64 Å². The zero-order chi connectivity index (χ0) is 28.3. The highest BCUT2D eigenvalue weighted by Crippen LogP contribution is 2.50. The van der Waals surface area contributed by atoms with Crippen molar-refractivity contribution in [3.05, 3.63) is 152 Å². The maximum absolute atomic E-state index is 6.21. The number of para-hydroxylation sites is 5. The van der Waals surface area contributed by atoms with Crippen LogP contribution in [0.1, 0.15) is 0 Å². The molecule has 0 unspecified atom stereocenters. The number of ether oxygens (including phenoxy) is 1. The van der Waals surface area contributed by atoms with Crippen LogP contribution < -0.4 is 26.0 Å². The smallest absolute Gasteiger partial charge is 0.244 e. The van der Waals surface area contributed by atoms with Crippen LogP contribution in [-0.2, 0) is 0 Å². The number of benzene rings is 6. The quantitative estimate of drug-likeness (QED) is 0.210. The van der Waals surface area contributed by atoms with Crippen molar-refractivity contribution >= 4 is 51.1 Å². The van der Waals surface area contributed by atoms with Gasteiger partial charge in [-0.3, -0.25) is 0 Å². The molecule has 0 radical (unpaired) electrons. The molecule has 0 bridgehead atoms. The van der Waals surface area contributed by atoms with E-state index in [0.29, 0.717) is 0 Å². The summed E-state index contributed by atoms with van der Waals surface area (Å²) in [7, 11) is 0. The number of fused-ring (bicyclic) bond motifs is 6. The standard InChI is InChI=1S/C39H25BN2O/c1-4-15-34-28(10-1)25-33-39(41-34)31-13-2-3-14-32(31)40(33)29-12-9-11-27(24-29)26-20-22-30(23-21-26)42-35-16-5-7-18-37(35)43-38-19-8-6-17-36(38)42/h1-25H. The normalized spacial score (nSPS) is 12.7. The van der Waals surface area contributed by atoms with Crippen molar-refractivity contribution in [2.45, 2.75) is 0 Å². The topological polar surface area (TPSA) is 25.4 Å². The first-order chi connectivity index (χ1) is 21.3. The zero-order valence-electron chi connectivity index (χ0n) is 23.3. The molecule has 0 aliphatic carbocycles. The van der Waals surface area contributed by atoms with E-state index in [-0.39, 0.29) is 6.71 Å². The minimum absolute atomic E-state index is 0.142. The molecule has 0 N–H and O–H groups in total. The van der Waals surface area contributed by atoms with Crippen LogP contribution in [-0.4, -0.2) is 11.7 Å². The highest BCUT2D eigenvalue weighted by Gasteiger charge is 2.34. The molecule has 0 atom stereocenters. The first kappa shape index (κ1) is 24.0. The Morgan fingerprint density at radius 3 is 2.05 bits per heavy atom. The SMILES string of the molecule is c1cc(B2c3ccccc3-c3nc4ccccc4cc32)cc(-c2ccc(N3c4ccccc4Oc4ccccc43)cc2)c1. The third-order valence-corrected chi connectivity index (χ3v) is 8.70. The van der Waals surface area contributed by atoms with Crippen LogP contribution in [0.5, 0.6) is 11.5 Å². The molecule has 0 spiro atoms. The van der Waals surface area contributed by atoms with E-state index in [9.17, 15) is 0 Å². The van der Waals surface area contributed by atoms with Gasteiger partial charge in [-0.25, -0.2) is 4.98 Å². The summed E-state index contributed by atoms with van der Waals surface area (Å²) in [4.78, 5) is 7.40. The Morgan fingerprint density at radius 2 is 1.23 bits per heavy atom. The van der Waals surface area contributed by atoms with E-state index in [4.69, 9.17) is 9.72 Å². The van der Waals surface area contributed by atoms with Crippen LogP contribution >= 0.6 is 0 Å². The van der Waals surface area contributed by atoms with E-state index >= 15 is 0 Å². The highest BCUT2D eigenvalue weighted by atomic mass is 16.5. The van der Waals surface area contributed by atoms with E-state index in [0.717, 1.165) is 39.8 Å². The fraction of sp³-hybridized carbons (Fsp3) is 0. The largest absolute Gasteiger partial charge is 0.453 e.